The number of carbonyl (C=O) groups excluding carboxylic acids is 1. The molecule has 0 saturated heterocycles. The Hall–Kier alpha value is -1.64. The zero-order valence-corrected chi connectivity index (χ0v) is 9.16. The second-order valence-electron chi connectivity index (χ2n) is 4.06. The van der Waals surface area contributed by atoms with Crippen LogP contribution in [0, 0.1) is 0 Å². The maximum Gasteiger partial charge on any atom is 0.159 e. The highest BCUT2D eigenvalue weighted by atomic mass is 16.1. The van der Waals surface area contributed by atoms with Gasteiger partial charge in [0, 0.05) is 11.5 Å². The number of ketones is 1. The number of imidazole rings is 1. The third-order valence-corrected chi connectivity index (χ3v) is 2.45. The molecular formula is C12H14N2O. The van der Waals surface area contributed by atoms with Crippen molar-refractivity contribution in [2.75, 3.05) is 0 Å². The smallest absolute Gasteiger partial charge is 0.159 e. The number of benzene rings is 1. The van der Waals surface area contributed by atoms with E-state index in [-0.39, 0.29) is 5.78 Å². The van der Waals surface area contributed by atoms with Gasteiger partial charge >= 0.3 is 0 Å². The molecule has 2 rings (SSSR count). The van der Waals surface area contributed by atoms with Gasteiger partial charge < -0.3 is 4.98 Å². The van der Waals surface area contributed by atoms with E-state index in [0.29, 0.717) is 11.5 Å². The fourth-order valence-corrected chi connectivity index (χ4v) is 1.52. The number of H-pyrrole nitrogens is 1. The fraction of sp³-hybridized carbons (Fsp3) is 0.333. The number of fused-ring (bicyclic) bond motifs is 1. The molecule has 78 valence electrons. The van der Waals surface area contributed by atoms with Gasteiger partial charge in [-0.05, 0) is 25.1 Å². The lowest BCUT2D eigenvalue weighted by Gasteiger charge is -1.95. The summed E-state index contributed by atoms with van der Waals surface area (Å²) < 4.78 is 0. The van der Waals surface area contributed by atoms with Crippen molar-refractivity contribution in [1.29, 1.82) is 0 Å². The van der Waals surface area contributed by atoms with E-state index in [0.717, 1.165) is 16.9 Å². The molecule has 0 atom stereocenters. The number of aromatic amines is 1. The molecule has 0 aliphatic carbocycles. The highest BCUT2D eigenvalue weighted by Gasteiger charge is 2.07. The monoisotopic (exact) mass is 202 g/mol. The Morgan fingerprint density at radius 1 is 1.40 bits per heavy atom. The summed E-state index contributed by atoms with van der Waals surface area (Å²) in [6.07, 6.45) is 0. The van der Waals surface area contributed by atoms with Crippen molar-refractivity contribution in [3.63, 3.8) is 0 Å². The number of nitrogens with zero attached hydrogens (tertiary/aromatic N) is 1. The molecule has 0 aliphatic heterocycles. The average molecular weight is 202 g/mol. The maximum atomic E-state index is 11.2. The van der Waals surface area contributed by atoms with Crippen LogP contribution in [0.3, 0.4) is 0 Å². The molecule has 3 heteroatoms. The number of rotatable bonds is 2. The molecule has 0 amide bonds. The average Bonchev–Trinajstić information content (AvgIpc) is 2.59. The third-order valence-electron chi connectivity index (χ3n) is 2.45. The van der Waals surface area contributed by atoms with Crippen LogP contribution in [0.5, 0.6) is 0 Å². The quantitative estimate of drug-likeness (QED) is 0.761. The predicted molar refractivity (Wildman–Crippen MR) is 60.2 cm³/mol. The van der Waals surface area contributed by atoms with Crippen LogP contribution in [0.2, 0.25) is 0 Å². The van der Waals surface area contributed by atoms with Gasteiger partial charge in [-0.25, -0.2) is 4.98 Å². The van der Waals surface area contributed by atoms with Crippen molar-refractivity contribution in [1.82, 2.24) is 9.97 Å². The van der Waals surface area contributed by atoms with Gasteiger partial charge in [0.25, 0.3) is 0 Å². The maximum absolute atomic E-state index is 11.2. The Kier molecular flexibility index (Phi) is 2.31. The van der Waals surface area contributed by atoms with Gasteiger partial charge in [-0.1, -0.05) is 13.8 Å². The summed E-state index contributed by atoms with van der Waals surface area (Å²) in [5.41, 5.74) is 2.57. The van der Waals surface area contributed by atoms with Gasteiger partial charge in [-0.3, -0.25) is 4.79 Å². The number of hydrogen-bond acceptors (Lipinski definition) is 2. The van der Waals surface area contributed by atoms with E-state index < -0.39 is 0 Å². The lowest BCUT2D eigenvalue weighted by atomic mass is 10.1. The molecule has 1 aromatic carbocycles. The summed E-state index contributed by atoms with van der Waals surface area (Å²) in [7, 11) is 0. The molecule has 1 aromatic heterocycles. The topological polar surface area (TPSA) is 45.8 Å². The zero-order valence-electron chi connectivity index (χ0n) is 9.16. The summed E-state index contributed by atoms with van der Waals surface area (Å²) >= 11 is 0. The van der Waals surface area contributed by atoms with Crippen LogP contribution in [-0.2, 0) is 0 Å². The first-order valence-corrected chi connectivity index (χ1v) is 5.08. The molecule has 0 saturated carbocycles. The molecule has 3 nitrogen and oxygen atoms in total. The van der Waals surface area contributed by atoms with Crippen LogP contribution in [0.15, 0.2) is 18.2 Å². The van der Waals surface area contributed by atoms with Crippen LogP contribution >= 0.6 is 0 Å². The second-order valence-corrected chi connectivity index (χ2v) is 4.06. The minimum atomic E-state index is 0.0750. The minimum Gasteiger partial charge on any atom is -0.342 e. The van der Waals surface area contributed by atoms with Gasteiger partial charge in [-0.2, -0.15) is 0 Å². The van der Waals surface area contributed by atoms with E-state index in [1.165, 1.54) is 0 Å². The van der Waals surface area contributed by atoms with Crippen molar-refractivity contribution in [3.8, 4) is 0 Å². The Morgan fingerprint density at radius 3 is 2.73 bits per heavy atom. The van der Waals surface area contributed by atoms with Crippen LogP contribution in [0.4, 0.5) is 0 Å². The summed E-state index contributed by atoms with van der Waals surface area (Å²) in [6, 6.07) is 5.57. The highest BCUT2D eigenvalue weighted by Crippen LogP contribution is 2.18. The SMILES string of the molecule is CC(=O)c1ccc2[nH]c(C(C)C)nc2c1. The number of carbonyl (C=O) groups is 1. The van der Waals surface area contributed by atoms with Gasteiger partial charge in [0.05, 0.1) is 11.0 Å². The standard InChI is InChI=1S/C12H14N2O/c1-7(2)12-13-10-5-4-9(8(3)15)6-11(10)14-12/h4-7H,1-3H3,(H,13,14). The summed E-state index contributed by atoms with van der Waals surface area (Å²) in [6.45, 7) is 5.74. The van der Waals surface area contributed by atoms with Gasteiger partial charge in [0.15, 0.2) is 5.78 Å². The molecule has 0 spiro atoms. The fourth-order valence-electron chi connectivity index (χ4n) is 1.52. The first kappa shape index (κ1) is 9.90. The molecule has 0 bridgehead atoms. The van der Waals surface area contributed by atoms with Crippen LogP contribution in [-0.4, -0.2) is 15.8 Å². The number of hydrogen-bond donors (Lipinski definition) is 1. The summed E-state index contributed by atoms with van der Waals surface area (Å²) in [5, 5.41) is 0. The lowest BCUT2D eigenvalue weighted by Crippen LogP contribution is -1.90. The van der Waals surface area contributed by atoms with E-state index in [1.54, 1.807) is 6.92 Å². The van der Waals surface area contributed by atoms with Crippen molar-refractivity contribution < 1.29 is 4.79 Å². The van der Waals surface area contributed by atoms with Crippen molar-refractivity contribution in [2.24, 2.45) is 0 Å². The molecule has 15 heavy (non-hydrogen) atoms. The molecular weight excluding hydrogens is 188 g/mol. The van der Waals surface area contributed by atoms with Gasteiger partial charge in [-0.15, -0.1) is 0 Å². The first-order valence-electron chi connectivity index (χ1n) is 5.08. The number of Topliss-reactive ketones (excluding diaryl/α,β-unsaturated/α-hetero) is 1. The first-order chi connectivity index (χ1) is 7.08. The van der Waals surface area contributed by atoms with Crippen LogP contribution < -0.4 is 0 Å². The molecule has 0 aliphatic rings. The lowest BCUT2D eigenvalue weighted by molar-refractivity contribution is 0.101. The van der Waals surface area contributed by atoms with Gasteiger partial charge in [0.2, 0.25) is 0 Å². The van der Waals surface area contributed by atoms with Crippen molar-refractivity contribution in [3.05, 3.63) is 29.6 Å². The van der Waals surface area contributed by atoms with Crippen molar-refractivity contribution in [2.45, 2.75) is 26.7 Å². The van der Waals surface area contributed by atoms with Gasteiger partial charge in [0.1, 0.15) is 5.82 Å². The summed E-state index contributed by atoms with van der Waals surface area (Å²) in [5.74, 6) is 1.41. The van der Waals surface area contributed by atoms with E-state index >= 15 is 0 Å². The Labute approximate surface area is 88.5 Å². The normalized spacial score (nSPS) is 11.2. The molecule has 0 radical (unpaired) electrons. The zero-order chi connectivity index (χ0) is 11.0. The second kappa shape index (κ2) is 3.50. The predicted octanol–water partition coefficient (Wildman–Crippen LogP) is 2.89. The molecule has 2 aromatic rings. The number of nitrogens with one attached hydrogen (secondary N) is 1. The largest absolute Gasteiger partial charge is 0.342 e. The Bertz CT molecular complexity index is 511. The minimum absolute atomic E-state index is 0.0750. The molecule has 0 unspecified atom stereocenters. The number of aromatic nitrogens is 2. The third kappa shape index (κ3) is 1.77. The van der Waals surface area contributed by atoms with E-state index in [2.05, 4.69) is 23.8 Å². The van der Waals surface area contributed by atoms with Crippen LogP contribution in [0.1, 0.15) is 42.9 Å². The van der Waals surface area contributed by atoms with E-state index in [9.17, 15) is 4.79 Å². The summed E-state index contributed by atoms with van der Waals surface area (Å²) in [4.78, 5) is 18.9. The Balaban J connectivity index is 2.57. The molecule has 1 N–H and O–H groups in total. The molecule has 1 heterocycles. The van der Waals surface area contributed by atoms with Crippen molar-refractivity contribution >= 4 is 16.8 Å². The van der Waals surface area contributed by atoms with Crippen LogP contribution in [0.25, 0.3) is 11.0 Å². The van der Waals surface area contributed by atoms with E-state index in [4.69, 9.17) is 0 Å². The Morgan fingerprint density at radius 2 is 2.13 bits per heavy atom. The highest BCUT2D eigenvalue weighted by molar-refractivity contribution is 5.97. The van der Waals surface area contributed by atoms with E-state index in [1.807, 2.05) is 18.2 Å². The molecule has 0 fully saturated rings.